The van der Waals surface area contributed by atoms with Gasteiger partial charge in [0.2, 0.25) is 0 Å². The molecule has 3 rings (SSSR count). The lowest BCUT2D eigenvalue weighted by Gasteiger charge is -2.04. The molecule has 0 fully saturated rings. The van der Waals surface area contributed by atoms with Gasteiger partial charge in [-0.1, -0.05) is 30.3 Å². The molecule has 0 aliphatic carbocycles. The molecule has 17 heavy (non-hydrogen) atoms. The zero-order valence-corrected chi connectivity index (χ0v) is 8.90. The quantitative estimate of drug-likeness (QED) is 0.566. The van der Waals surface area contributed by atoms with Gasteiger partial charge in [-0.15, -0.1) is 0 Å². The Labute approximate surface area is 96.7 Å². The van der Waals surface area contributed by atoms with E-state index in [0.717, 1.165) is 16.3 Å². The van der Waals surface area contributed by atoms with Crippen LogP contribution in [0.1, 0.15) is 12.0 Å². The fourth-order valence-electron chi connectivity index (χ4n) is 1.92. The van der Waals surface area contributed by atoms with E-state index in [1.807, 2.05) is 30.3 Å². The molecule has 1 heterocycles. The molecule has 0 aliphatic heterocycles. The molecule has 1 nitrogen and oxygen atoms in total. The first kappa shape index (κ1) is 10.1. The zero-order valence-electron chi connectivity index (χ0n) is 8.90. The van der Waals surface area contributed by atoms with Crippen molar-refractivity contribution >= 4 is 21.8 Å². The van der Waals surface area contributed by atoms with Crippen molar-refractivity contribution < 1.29 is 8.78 Å². The fraction of sp³-hybridized carbons (Fsp3) is 0.0714. The van der Waals surface area contributed by atoms with Crippen LogP contribution in [0.25, 0.3) is 21.8 Å². The molecular formula is C14H9F2N. The van der Waals surface area contributed by atoms with Gasteiger partial charge in [0.05, 0.1) is 11.0 Å². The van der Waals surface area contributed by atoms with E-state index in [2.05, 4.69) is 4.98 Å². The van der Waals surface area contributed by atoms with E-state index in [1.54, 1.807) is 6.07 Å². The maximum Gasteiger partial charge on any atom is 0.263 e. The van der Waals surface area contributed by atoms with E-state index in [9.17, 15) is 8.78 Å². The summed E-state index contributed by atoms with van der Waals surface area (Å²) in [5.41, 5.74) is 1.45. The van der Waals surface area contributed by atoms with Crippen LogP contribution in [0.3, 0.4) is 0 Å². The van der Waals surface area contributed by atoms with E-state index < -0.39 is 6.43 Å². The summed E-state index contributed by atoms with van der Waals surface area (Å²) in [6.07, 6.45) is -2.45. The minimum absolute atomic E-state index is 0.0141. The van der Waals surface area contributed by atoms with E-state index in [4.69, 9.17) is 0 Å². The van der Waals surface area contributed by atoms with E-state index in [-0.39, 0.29) is 5.56 Å². The molecule has 3 aromatic rings. The number of aromatic nitrogens is 1. The third-order valence-electron chi connectivity index (χ3n) is 2.80. The van der Waals surface area contributed by atoms with Crippen LogP contribution < -0.4 is 0 Å². The van der Waals surface area contributed by atoms with E-state index >= 15 is 0 Å². The first-order valence-corrected chi connectivity index (χ1v) is 5.32. The number of alkyl halides is 2. The van der Waals surface area contributed by atoms with Crippen LogP contribution in [0.5, 0.6) is 0 Å². The normalized spacial score (nSPS) is 11.5. The van der Waals surface area contributed by atoms with Crippen molar-refractivity contribution in [3.05, 3.63) is 54.1 Å². The molecule has 0 saturated heterocycles. The molecule has 0 spiro atoms. The number of fused-ring (bicyclic) bond motifs is 2. The summed E-state index contributed by atoms with van der Waals surface area (Å²) in [5.74, 6) is 0. The Kier molecular flexibility index (Phi) is 2.25. The minimum Gasteiger partial charge on any atom is -0.248 e. The molecule has 0 unspecified atom stereocenters. The van der Waals surface area contributed by atoms with Gasteiger partial charge >= 0.3 is 0 Å². The summed E-state index contributed by atoms with van der Waals surface area (Å²) in [5, 5.41) is 1.90. The largest absolute Gasteiger partial charge is 0.263 e. The summed E-state index contributed by atoms with van der Waals surface area (Å²) in [6.45, 7) is 0. The highest BCUT2D eigenvalue weighted by Gasteiger charge is 2.08. The number of para-hydroxylation sites is 1. The average molecular weight is 229 g/mol. The average Bonchev–Trinajstić information content (AvgIpc) is 2.35. The Hall–Kier alpha value is -2.03. The van der Waals surface area contributed by atoms with Gasteiger partial charge in [0.25, 0.3) is 6.43 Å². The number of pyridine rings is 1. The molecule has 1 aromatic heterocycles. The van der Waals surface area contributed by atoms with E-state index in [1.165, 1.54) is 12.1 Å². The molecule has 0 saturated carbocycles. The summed E-state index contributed by atoms with van der Waals surface area (Å²) in [6, 6.07) is 14.2. The second-order valence-electron chi connectivity index (χ2n) is 3.93. The smallest absolute Gasteiger partial charge is 0.248 e. The Bertz CT molecular complexity index is 692. The Morgan fingerprint density at radius 2 is 1.59 bits per heavy atom. The lowest BCUT2D eigenvalue weighted by atomic mass is 10.1. The molecule has 0 radical (unpaired) electrons. The SMILES string of the molecule is FC(F)c1ccc2cc3ccccc3nc2c1. The fourth-order valence-corrected chi connectivity index (χ4v) is 1.92. The summed E-state index contributed by atoms with van der Waals surface area (Å²) in [7, 11) is 0. The first-order valence-electron chi connectivity index (χ1n) is 5.32. The number of halogens is 2. The maximum atomic E-state index is 12.6. The van der Waals surface area contributed by atoms with Crippen molar-refractivity contribution in [1.82, 2.24) is 4.98 Å². The molecule has 84 valence electrons. The van der Waals surface area contributed by atoms with Crippen LogP contribution in [0, 0.1) is 0 Å². The monoisotopic (exact) mass is 229 g/mol. The number of benzene rings is 2. The molecular weight excluding hydrogens is 220 g/mol. The minimum atomic E-state index is -2.45. The van der Waals surface area contributed by atoms with Crippen molar-refractivity contribution in [3.8, 4) is 0 Å². The third kappa shape index (κ3) is 1.73. The lowest BCUT2D eigenvalue weighted by molar-refractivity contribution is 0.151. The lowest BCUT2D eigenvalue weighted by Crippen LogP contribution is -1.87. The summed E-state index contributed by atoms with van der Waals surface area (Å²) in [4.78, 5) is 4.39. The second kappa shape index (κ2) is 3.77. The van der Waals surface area contributed by atoms with Crippen molar-refractivity contribution in [1.29, 1.82) is 0 Å². The van der Waals surface area contributed by atoms with Crippen LogP contribution in [-0.4, -0.2) is 4.98 Å². The molecule has 0 N–H and O–H groups in total. The number of rotatable bonds is 1. The van der Waals surface area contributed by atoms with Crippen LogP contribution >= 0.6 is 0 Å². The summed E-state index contributed by atoms with van der Waals surface area (Å²) >= 11 is 0. The first-order chi connectivity index (χ1) is 8.24. The molecule has 0 amide bonds. The topological polar surface area (TPSA) is 12.9 Å². The molecule has 2 aromatic carbocycles. The van der Waals surface area contributed by atoms with Crippen LogP contribution in [0.4, 0.5) is 8.78 Å². The number of hydrogen-bond acceptors (Lipinski definition) is 1. The second-order valence-corrected chi connectivity index (χ2v) is 3.93. The van der Waals surface area contributed by atoms with Crippen molar-refractivity contribution in [2.24, 2.45) is 0 Å². The number of nitrogens with zero attached hydrogens (tertiary/aromatic N) is 1. The number of hydrogen-bond donors (Lipinski definition) is 0. The predicted molar refractivity (Wildman–Crippen MR) is 64.2 cm³/mol. The van der Waals surface area contributed by atoms with Gasteiger partial charge in [0.15, 0.2) is 0 Å². The van der Waals surface area contributed by atoms with Crippen LogP contribution in [0.15, 0.2) is 48.5 Å². The highest BCUT2D eigenvalue weighted by molar-refractivity contribution is 5.92. The van der Waals surface area contributed by atoms with Gasteiger partial charge in [-0.25, -0.2) is 13.8 Å². The van der Waals surface area contributed by atoms with Gasteiger partial charge in [0, 0.05) is 16.3 Å². The van der Waals surface area contributed by atoms with Gasteiger partial charge in [-0.05, 0) is 18.2 Å². The highest BCUT2D eigenvalue weighted by Crippen LogP contribution is 2.25. The predicted octanol–water partition coefficient (Wildman–Crippen LogP) is 4.33. The highest BCUT2D eigenvalue weighted by atomic mass is 19.3. The van der Waals surface area contributed by atoms with Crippen LogP contribution in [0.2, 0.25) is 0 Å². The Balaban J connectivity index is 2.32. The van der Waals surface area contributed by atoms with Gasteiger partial charge in [0.1, 0.15) is 0 Å². The van der Waals surface area contributed by atoms with Crippen molar-refractivity contribution in [2.75, 3.05) is 0 Å². The Morgan fingerprint density at radius 3 is 2.41 bits per heavy atom. The standard InChI is InChI=1S/C14H9F2N/c15-14(16)11-6-5-10-7-9-3-1-2-4-12(9)17-13(10)8-11/h1-8,14H. The molecule has 3 heteroatoms. The molecule has 0 aliphatic rings. The summed E-state index contributed by atoms with van der Waals surface area (Å²) < 4.78 is 25.2. The van der Waals surface area contributed by atoms with Gasteiger partial charge in [-0.2, -0.15) is 0 Å². The molecule has 0 bridgehead atoms. The Morgan fingerprint density at radius 1 is 0.824 bits per heavy atom. The zero-order chi connectivity index (χ0) is 11.8. The van der Waals surface area contributed by atoms with Crippen molar-refractivity contribution in [3.63, 3.8) is 0 Å². The van der Waals surface area contributed by atoms with E-state index in [0.29, 0.717) is 5.52 Å². The van der Waals surface area contributed by atoms with Gasteiger partial charge in [-0.3, -0.25) is 0 Å². The molecule has 0 atom stereocenters. The third-order valence-corrected chi connectivity index (χ3v) is 2.80. The van der Waals surface area contributed by atoms with Gasteiger partial charge < -0.3 is 0 Å². The van der Waals surface area contributed by atoms with Crippen molar-refractivity contribution in [2.45, 2.75) is 6.43 Å². The van der Waals surface area contributed by atoms with Crippen LogP contribution in [-0.2, 0) is 0 Å². The maximum absolute atomic E-state index is 12.6.